The Kier molecular flexibility index (Phi) is 11.5. The molecule has 2 aliphatic heterocycles. The van der Waals surface area contributed by atoms with Gasteiger partial charge in [-0.2, -0.15) is 0 Å². The van der Waals surface area contributed by atoms with E-state index in [1.807, 2.05) is 24.3 Å². The molecule has 0 bridgehead atoms. The van der Waals surface area contributed by atoms with Gasteiger partial charge in [-0.1, -0.05) is 163 Å². The third kappa shape index (κ3) is 7.88. The number of aryl methyl sites for hydroxylation is 1. The maximum atomic E-state index is 10.0. The van der Waals surface area contributed by atoms with Crippen LogP contribution >= 0.6 is 0 Å². The predicted molar refractivity (Wildman–Crippen MR) is 261 cm³/mol. The number of hydrogen-bond acceptors (Lipinski definition) is 7. The molecule has 7 heteroatoms. The Morgan fingerprint density at radius 2 is 0.776 bits per heavy atom. The van der Waals surface area contributed by atoms with E-state index in [0.717, 1.165) is 35.8 Å². The molecule has 8 aromatic carbocycles. The molecule has 7 nitrogen and oxygen atoms in total. The molecule has 3 atom stereocenters. The number of methoxy groups -OCH3 is 1. The number of ether oxygens (including phenoxy) is 6. The molecule has 0 spiro atoms. The summed E-state index contributed by atoms with van der Waals surface area (Å²) < 4.78 is 33.0. The number of benzene rings is 8. The third-order valence-electron chi connectivity index (χ3n) is 13.5. The summed E-state index contributed by atoms with van der Waals surface area (Å²) in [6, 6.07) is 68.9. The molecule has 0 saturated carbocycles. The highest BCUT2D eigenvalue weighted by atomic mass is 16.6. The largest absolute Gasteiger partial charge is 0.491 e. The maximum Gasteiger partial charge on any atom is 0.221 e. The molecule has 3 unspecified atom stereocenters. The summed E-state index contributed by atoms with van der Waals surface area (Å²) in [5, 5.41) is 10.0. The van der Waals surface area contributed by atoms with Gasteiger partial charge < -0.3 is 33.5 Å². The maximum absolute atomic E-state index is 10.0. The molecule has 334 valence electrons. The molecule has 2 heterocycles. The Balaban J connectivity index is 0.000000149. The van der Waals surface area contributed by atoms with Crippen molar-refractivity contribution in [1.29, 1.82) is 0 Å². The van der Waals surface area contributed by atoms with E-state index in [2.05, 4.69) is 177 Å². The van der Waals surface area contributed by atoms with Crippen molar-refractivity contribution in [2.45, 2.75) is 36.3 Å². The summed E-state index contributed by atoms with van der Waals surface area (Å²) in [6.45, 7) is 5.02. The lowest BCUT2D eigenvalue weighted by Crippen LogP contribution is -2.28. The minimum Gasteiger partial charge on any atom is -0.491 e. The minimum absolute atomic E-state index is 0.105. The van der Waals surface area contributed by atoms with E-state index in [1.54, 1.807) is 0 Å². The summed E-state index contributed by atoms with van der Waals surface area (Å²) in [5.41, 5.74) is 15.5. The Hall–Kier alpha value is -7.00. The fourth-order valence-electron chi connectivity index (χ4n) is 10.3. The van der Waals surface area contributed by atoms with E-state index in [9.17, 15) is 5.11 Å². The van der Waals surface area contributed by atoms with E-state index >= 15 is 0 Å². The van der Waals surface area contributed by atoms with Crippen LogP contribution < -0.4 is 14.2 Å². The van der Waals surface area contributed by atoms with Crippen LogP contribution in [0, 0.1) is 6.92 Å². The van der Waals surface area contributed by atoms with Crippen LogP contribution in [0.4, 0.5) is 0 Å². The number of aliphatic hydroxyl groups excluding tert-OH is 1. The summed E-state index contributed by atoms with van der Waals surface area (Å²) >= 11 is 0. The van der Waals surface area contributed by atoms with Gasteiger partial charge in [-0.25, -0.2) is 0 Å². The van der Waals surface area contributed by atoms with Gasteiger partial charge in [-0.15, -0.1) is 0 Å². The predicted octanol–water partition coefficient (Wildman–Crippen LogP) is 11.3. The normalized spacial score (nSPS) is 17.7. The summed E-state index contributed by atoms with van der Waals surface area (Å²) in [7, 11) is 1.53. The first kappa shape index (κ1) is 42.6. The van der Waals surface area contributed by atoms with Crippen molar-refractivity contribution in [2.75, 3.05) is 40.1 Å². The second-order valence-corrected chi connectivity index (χ2v) is 17.7. The van der Waals surface area contributed by atoms with Gasteiger partial charge in [0.2, 0.25) is 6.29 Å². The molecular weight excluding hydrogens is 833 g/mol. The molecule has 67 heavy (non-hydrogen) atoms. The van der Waals surface area contributed by atoms with Gasteiger partial charge in [0.05, 0.1) is 24.0 Å². The summed E-state index contributed by atoms with van der Waals surface area (Å²) in [5.74, 6) is 2.31. The molecule has 4 aliphatic rings. The first-order chi connectivity index (χ1) is 33.0. The average molecular weight is 885 g/mol. The van der Waals surface area contributed by atoms with Crippen LogP contribution in [0.1, 0.15) is 50.1 Å². The van der Waals surface area contributed by atoms with Crippen LogP contribution in [0.5, 0.6) is 17.2 Å². The Morgan fingerprint density at radius 1 is 0.463 bits per heavy atom. The Morgan fingerprint density at radius 3 is 1.10 bits per heavy atom. The zero-order valence-electron chi connectivity index (χ0n) is 37.6. The van der Waals surface area contributed by atoms with E-state index < -0.39 is 11.7 Å². The average Bonchev–Trinajstić information content (AvgIpc) is 4.33. The minimum atomic E-state index is -1.02. The monoisotopic (exact) mass is 884 g/mol. The molecule has 0 radical (unpaired) electrons. The molecule has 8 aromatic rings. The van der Waals surface area contributed by atoms with Gasteiger partial charge in [0.15, 0.2) is 0 Å². The summed E-state index contributed by atoms with van der Waals surface area (Å²) in [4.78, 5) is 0. The third-order valence-corrected chi connectivity index (χ3v) is 13.5. The lowest BCUT2D eigenvalue weighted by Gasteiger charge is -2.34. The summed E-state index contributed by atoms with van der Waals surface area (Å²) in [6.07, 6.45) is -0.545. The standard InChI is InChI=1S/C31H28O5.C29H24O2/c1-33-20-30(32)36-24-16-12-22(13-17-24)31(21-10-14-23(15-11-21)34-18-25-19-35-25)28-8-4-2-6-26(28)27-7-3-5-9-29(27)31;1-20-10-12-21(13-11-20)29(22-14-16-23(17-15-22)30-18-24-19-31-24)27-8-4-2-6-25(27)26-7-3-5-9-28(26)29/h2-17,25,30,32H,18-20H2,1H3;2-17,24H,18-19H2,1H3. The fourth-order valence-corrected chi connectivity index (χ4v) is 10.3. The first-order valence-corrected chi connectivity index (χ1v) is 23.1. The number of hydrogen-bond donors (Lipinski definition) is 1. The van der Waals surface area contributed by atoms with Crippen LogP contribution in [0.3, 0.4) is 0 Å². The van der Waals surface area contributed by atoms with E-state index in [4.69, 9.17) is 28.4 Å². The quantitative estimate of drug-likeness (QED) is 0.0860. The van der Waals surface area contributed by atoms with Gasteiger partial charge >= 0.3 is 0 Å². The van der Waals surface area contributed by atoms with Crippen molar-refractivity contribution in [3.63, 3.8) is 0 Å². The number of rotatable bonds is 14. The zero-order chi connectivity index (χ0) is 45.4. The molecule has 2 fully saturated rings. The van der Waals surface area contributed by atoms with E-state index in [1.165, 1.54) is 68.3 Å². The van der Waals surface area contributed by atoms with Gasteiger partial charge in [-0.05, 0) is 110 Å². The highest BCUT2D eigenvalue weighted by Crippen LogP contribution is 2.57. The SMILES string of the molecule is COCC(O)Oc1ccc(C2(c3ccc(OCC4CO4)cc3)c3ccccc3-c3ccccc32)cc1.Cc1ccc(C2(c3ccc(OCC4CO4)cc3)c3ccccc3-c3ccccc32)cc1. The molecule has 2 saturated heterocycles. The Bertz CT molecular complexity index is 2900. The lowest BCUT2D eigenvalue weighted by molar-refractivity contribution is -0.0663. The van der Waals surface area contributed by atoms with Crippen molar-refractivity contribution < 1.29 is 33.5 Å². The molecular formula is C60H52O7. The van der Waals surface area contributed by atoms with Gasteiger partial charge in [0.25, 0.3) is 0 Å². The van der Waals surface area contributed by atoms with Gasteiger partial charge in [0, 0.05) is 7.11 Å². The van der Waals surface area contributed by atoms with Crippen LogP contribution in [0.2, 0.25) is 0 Å². The van der Waals surface area contributed by atoms with E-state index in [0.29, 0.717) is 19.0 Å². The van der Waals surface area contributed by atoms with Crippen LogP contribution in [0.15, 0.2) is 194 Å². The molecule has 2 aliphatic carbocycles. The number of aliphatic hydroxyl groups is 1. The second-order valence-electron chi connectivity index (χ2n) is 17.7. The van der Waals surface area contributed by atoms with E-state index in [-0.39, 0.29) is 24.2 Å². The van der Waals surface area contributed by atoms with Gasteiger partial charge in [0.1, 0.15) is 49.3 Å². The molecule has 1 N–H and O–H groups in total. The lowest BCUT2D eigenvalue weighted by atomic mass is 9.67. The van der Waals surface area contributed by atoms with Crippen LogP contribution in [0.25, 0.3) is 22.3 Å². The molecule has 12 rings (SSSR count). The Labute approximate surface area is 392 Å². The first-order valence-electron chi connectivity index (χ1n) is 23.1. The van der Waals surface area contributed by atoms with Crippen molar-refractivity contribution >= 4 is 0 Å². The highest BCUT2D eigenvalue weighted by Gasteiger charge is 2.47. The smallest absolute Gasteiger partial charge is 0.221 e. The van der Waals surface area contributed by atoms with Crippen molar-refractivity contribution in [2.24, 2.45) is 0 Å². The topological polar surface area (TPSA) is 82.2 Å². The second kappa shape index (κ2) is 18.0. The number of epoxide rings is 2. The van der Waals surface area contributed by atoms with Crippen LogP contribution in [-0.4, -0.2) is 63.7 Å². The molecule has 0 aromatic heterocycles. The number of fused-ring (bicyclic) bond motifs is 6. The fraction of sp³-hybridized carbons (Fsp3) is 0.200. The van der Waals surface area contributed by atoms with Gasteiger partial charge in [-0.3, -0.25) is 0 Å². The van der Waals surface area contributed by atoms with Crippen LogP contribution in [-0.2, 0) is 25.0 Å². The van der Waals surface area contributed by atoms with Crippen molar-refractivity contribution in [3.05, 3.63) is 244 Å². The molecule has 0 amide bonds. The van der Waals surface area contributed by atoms with Crippen molar-refractivity contribution in [1.82, 2.24) is 0 Å². The van der Waals surface area contributed by atoms with Crippen molar-refractivity contribution in [3.8, 4) is 39.5 Å². The highest BCUT2D eigenvalue weighted by molar-refractivity contribution is 5.87. The zero-order valence-corrected chi connectivity index (χ0v) is 37.6.